The second kappa shape index (κ2) is 2.98. The quantitative estimate of drug-likeness (QED) is 0.548. The lowest BCUT2D eigenvalue weighted by molar-refractivity contribution is 1.40. The molecule has 0 aromatic heterocycles. The molecule has 0 N–H and O–H groups in total. The molecule has 1 aliphatic carbocycles. The summed E-state index contributed by atoms with van der Waals surface area (Å²) < 4.78 is 0. The second-order valence-electron chi connectivity index (χ2n) is 1.70. The lowest BCUT2D eigenvalue weighted by Gasteiger charge is -1.93. The molecule has 0 spiro atoms. The molecule has 0 saturated carbocycles. The maximum Gasteiger partial charge on any atom is -0.00342 e. The first-order valence-electron chi connectivity index (χ1n) is 2.92. The van der Waals surface area contributed by atoms with Crippen LogP contribution in [0.3, 0.4) is 0 Å². The van der Waals surface area contributed by atoms with Crippen LogP contribution in [0.15, 0.2) is 23.1 Å². The van der Waals surface area contributed by atoms with Crippen molar-refractivity contribution in [3.8, 4) is 0 Å². The molecule has 0 unspecified atom stereocenters. The average Bonchev–Trinajstić information content (AvgIpc) is 2.19. The van der Waals surface area contributed by atoms with Gasteiger partial charge in [0.25, 0.3) is 0 Å². The topological polar surface area (TPSA) is 0 Å². The van der Waals surface area contributed by atoms with Crippen LogP contribution in [-0.4, -0.2) is 5.75 Å². The Morgan fingerprint density at radius 1 is 1.75 bits per heavy atom. The minimum atomic E-state index is 1.17. The van der Waals surface area contributed by atoms with Gasteiger partial charge in [-0.05, 0) is 17.1 Å². The normalized spacial score (nSPS) is 16.9. The van der Waals surface area contributed by atoms with Gasteiger partial charge in [-0.1, -0.05) is 25.2 Å². The Morgan fingerprint density at radius 2 is 2.62 bits per heavy atom. The van der Waals surface area contributed by atoms with E-state index >= 15 is 0 Å². The van der Waals surface area contributed by atoms with Crippen LogP contribution < -0.4 is 0 Å². The van der Waals surface area contributed by atoms with Gasteiger partial charge in [-0.15, -0.1) is 11.8 Å². The van der Waals surface area contributed by atoms with E-state index in [4.69, 9.17) is 0 Å². The fraction of sp³-hybridized carbons (Fsp3) is 0.429. The number of hydrogen-bond donors (Lipinski definition) is 0. The van der Waals surface area contributed by atoms with Crippen molar-refractivity contribution in [1.82, 2.24) is 0 Å². The second-order valence-corrected chi connectivity index (χ2v) is 3.09. The fourth-order valence-electron chi connectivity index (χ4n) is 0.720. The van der Waals surface area contributed by atoms with E-state index in [-0.39, 0.29) is 0 Å². The summed E-state index contributed by atoms with van der Waals surface area (Å²) >= 11 is 1.94. The van der Waals surface area contributed by atoms with Crippen LogP contribution >= 0.6 is 11.8 Å². The third kappa shape index (κ3) is 1.41. The van der Waals surface area contributed by atoms with Crippen molar-refractivity contribution in [2.24, 2.45) is 0 Å². The molecule has 0 radical (unpaired) electrons. The van der Waals surface area contributed by atoms with E-state index in [9.17, 15) is 0 Å². The van der Waals surface area contributed by atoms with Crippen molar-refractivity contribution in [1.29, 1.82) is 0 Å². The van der Waals surface area contributed by atoms with Crippen LogP contribution in [0.1, 0.15) is 13.3 Å². The van der Waals surface area contributed by atoms with Crippen LogP contribution in [0, 0.1) is 0 Å². The van der Waals surface area contributed by atoms with E-state index in [0.717, 1.165) is 0 Å². The molecule has 44 valence electrons. The van der Waals surface area contributed by atoms with E-state index in [1.165, 1.54) is 17.1 Å². The standard InChI is InChI=1S/C7H10S/c1-2-8-7-5-3-4-6-7/h3-5H,2,6H2,1H3. The zero-order valence-electron chi connectivity index (χ0n) is 5.05. The summed E-state index contributed by atoms with van der Waals surface area (Å²) in [7, 11) is 0. The lowest BCUT2D eigenvalue weighted by Crippen LogP contribution is -1.69. The molecule has 0 fully saturated rings. The Labute approximate surface area is 54.7 Å². The zero-order chi connectivity index (χ0) is 5.82. The summed E-state index contributed by atoms with van der Waals surface area (Å²) in [6.07, 6.45) is 7.67. The summed E-state index contributed by atoms with van der Waals surface area (Å²) in [6, 6.07) is 0. The van der Waals surface area contributed by atoms with Crippen LogP contribution in [-0.2, 0) is 0 Å². The summed E-state index contributed by atoms with van der Waals surface area (Å²) in [5.41, 5.74) is 0. The highest BCUT2D eigenvalue weighted by atomic mass is 32.2. The highest BCUT2D eigenvalue weighted by molar-refractivity contribution is 8.03. The van der Waals surface area contributed by atoms with Crippen molar-refractivity contribution in [2.45, 2.75) is 13.3 Å². The summed E-state index contributed by atoms with van der Waals surface area (Å²) in [4.78, 5) is 1.51. The maximum absolute atomic E-state index is 2.19. The van der Waals surface area contributed by atoms with Gasteiger partial charge >= 0.3 is 0 Å². The summed E-state index contributed by atoms with van der Waals surface area (Å²) in [5.74, 6) is 1.20. The molecule has 1 heteroatoms. The molecule has 8 heavy (non-hydrogen) atoms. The zero-order valence-corrected chi connectivity index (χ0v) is 5.87. The number of rotatable bonds is 2. The van der Waals surface area contributed by atoms with Crippen LogP contribution in [0.25, 0.3) is 0 Å². The van der Waals surface area contributed by atoms with E-state index in [1.54, 1.807) is 0 Å². The van der Waals surface area contributed by atoms with Crippen LogP contribution in [0.4, 0.5) is 0 Å². The van der Waals surface area contributed by atoms with Crippen molar-refractivity contribution < 1.29 is 0 Å². The highest BCUT2D eigenvalue weighted by Crippen LogP contribution is 2.22. The van der Waals surface area contributed by atoms with E-state index in [2.05, 4.69) is 25.2 Å². The smallest absolute Gasteiger partial charge is 0.00342 e. The van der Waals surface area contributed by atoms with Gasteiger partial charge in [0, 0.05) is 0 Å². The third-order valence-corrected chi connectivity index (χ3v) is 2.03. The number of thioether (sulfide) groups is 1. The predicted molar refractivity (Wildman–Crippen MR) is 40.0 cm³/mol. The third-order valence-electron chi connectivity index (χ3n) is 1.07. The number of hydrogen-bond acceptors (Lipinski definition) is 1. The van der Waals surface area contributed by atoms with E-state index in [1.807, 2.05) is 11.8 Å². The van der Waals surface area contributed by atoms with Crippen molar-refractivity contribution in [2.75, 3.05) is 5.75 Å². The van der Waals surface area contributed by atoms with Gasteiger partial charge < -0.3 is 0 Å². The van der Waals surface area contributed by atoms with Gasteiger partial charge in [0.2, 0.25) is 0 Å². The van der Waals surface area contributed by atoms with Crippen molar-refractivity contribution in [3.05, 3.63) is 23.1 Å². The average molecular weight is 126 g/mol. The molecule has 0 amide bonds. The molecule has 0 aliphatic heterocycles. The maximum atomic E-state index is 2.19. The molecular formula is C7H10S. The van der Waals surface area contributed by atoms with E-state index < -0.39 is 0 Å². The molecule has 1 aliphatic rings. The lowest BCUT2D eigenvalue weighted by atomic mass is 10.5. The van der Waals surface area contributed by atoms with Gasteiger partial charge in [-0.2, -0.15) is 0 Å². The Balaban J connectivity index is 2.28. The van der Waals surface area contributed by atoms with Crippen LogP contribution in [0.2, 0.25) is 0 Å². The van der Waals surface area contributed by atoms with Crippen molar-refractivity contribution >= 4 is 11.8 Å². The monoisotopic (exact) mass is 126 g/mol. The molecule has 1 rings (SSSR count). The number of allylic oxidation sites excluding steroid dienone is 4. The highest BCUT2D eigenvalue weighted by Gasteiger charge is 1.95. The minimum absolute atomic E-state index is 1.17. The van der Waals surface area contributed by atoms with Crippen molar-refractivity contribution in [3.63, 3.8) is 0 Å². The Morgan fingerprint density at radius 3 is 3.12 bits per heavy atom. The first-order valence-corrected chi connectivity index (χ1v) is 3.90. The summed E-state index contributed by atoms with van der Waals surface area (Å²) in [5, 5.41) is 0. The summed E-state index contributed by atoms with van der Waals surface area (Å²) in [6.45, 7) is 2.18. The first-order chi connectivity index (χ1) is 3.93. The Kier molecular flexibility index (Phi) is 2.22. The van der Waals surface area contributed by atoms with E-state index in [0.29, 0.717) is 0 Å². The van der Waals surface area contributed by atoms with Gasteiger partial charge in [0.1, 0.15) is 0 Å². The Hall–Kier alpha value is -0.170. The van der Waals surface area contributed by atoms with Gasteiger partial charge in [-0.25, -0.2) is 0 Å². The fourth-order valence-corrected chi connectivity index (χ4v) is 1.48. The minimum Gasteiger partial charge on any atom is -0.131 e. The molecule has 0 saturated heterocycles. The van der Waals surface area contributed by atoms with Gasteiger partial charge in [-0.3, -0.25) is 0 Å². The van der Waals surface area contributed by atoms with Crippen LogP contribution in [0.5, 0.6) is 0 Å². The molecule has 0 aromatic rings. The molecule has 0 bridgehead atoms. The molecule has 0 aromatic carbocycles. The molecular weight excluding hydrogens is 116 g/mol. The molecule has 0 nitrogen and oxygen atoms in total. The largest absolute Gasteiger partial charge is 0.131 e. The Bertz CT molecular complexity index is 122. The van der Waals surface area contributed by atoms with Gasteiger partial charge in [0.05, 0.1) is 0 Å². The van der Waals surface area contributed by atoms with Gasteiger partial charge in [0.15, 0.2) is 0 Å². The molecule has 0 heterocycles. The first kappa shape index (κ1) is 5.96. The molecule has 0 atom stereocenters. The SMILES string of the molecule is CCSC1=CC=CC1. The predicted octanol–water partition coefficient (Wildman–Crippen LogP) is 2.58.